The number of rotatable bonds is 8. The van der Waals surface area contributed by atoms with Crippen molar-refractivity contribution in [2.24, 2.45) is 5.92 Å². The molecular weight excluding hydrogens is 250 g/mol. The fourth-order valence-electron chi connectivity index (χ4n) is 1.36. The number of sulfonamides is 1. The lowest BCUT2D eigenvalue weighted by atomic mass is 10.2. The van der Waals surface area contributed by atoms with Crippen LogP contribution in [-0.2, 0) is 19.6 Å². The van der Waals surface area contributed by atoms with Crippen LogP contribution < -0.4 is 4.72 Å². The maximum Gasteiger partial charge on any atom is 0.321 e. The minimum Gasteiger partial charge on any atom is -0.481 e. The molecule has 0 amide bonds. The van der Waals surface area contributed by atoms with Gasteiger partial charge in [-0.1, -0.05) is 0 Å². The Labute approximate surface area is 98.9 Å². The molecule has 0 bridgehead atoms. The smallest absolute Gasteiger partial charge is 0.321 e. The minimum atomic E-state index is -3.63. The number of aliphatic carboxylic acids is 2. The molecule has 0 aromatic rings. The molecule has 17 heavy (non-hydrogen) atoms. The average molecular weight is 265 g/mol. The summed E-state index contributed by atoms with van der Waals surface area (Å²) in [5, 5.41) is 17.2. The zero-order chi connectivity index (χ0) is 13.1. The fraction of sp³-hybridized carbons (Fsp3) is 0.778. The van der Waals surface area contributed by atoms with Crippen LogP contribution in [0.15, 0.2) is 0 Å². The first-order chi connectivity index (χ1) is 7.80. The highest BCUT2D eigenvalue weighted by molar-refractivity contribution is 7.89. The zero-order valence-electron chi connectivity index (χ0n) is 9.13. The van der Waals surface area contributed by atoms with Gasteiger partial charge in [0.25, 0.3) is 0 Å². The van der Waals surface area contributed by atoms with Gasteiger partial charge in [-0.15, -0.1) is 0 Å². The van der Waals surface area contributed by atoms with Gasteiger partial charge in [-0.3, -0.25) is 9.59 Å². The van der Waals surface area contributed by atoms with Crippen molar-refractivity contribution < 1.29 is 28.2 Å². The largest absolute Gasteiger partial charge is 0.481 e. The van der Waals surface area contributed by atoms with Crippen LogP contribution in [0.4, 0.5) is 0 Å². The zero-order valence-corrected chi connectivity index (χ0v) is 9.94. The van der Waals surface area contributed by atoms with E-state index in [9.17, 15) is 18.0 Å². The second kappa shape index (κ2) is 5.46. The second-order valence-electron chi connectivity index (χ2n) is 4.17. The first-order valence-corrected chi connectivity index (χ1v) is 6.90. The van der Waals surface area contributed by atoms with E-state index in [4.69, 9.17) is 10.2 Å². The Morgan fingerprint density at radius 1 is 1.29 bits per heavy atom. The van der Waals surface area contributed by atoms with Crippen LogP contribution in [-0.4, -0.2) is 42.4 Å². The first-order valence-electron chi connectivity index (χ1n) is 5.25. The van der Waals surface area contributed by atoms with E-state index in [1.807, 2.05) is 4.72 Å². The summed E-state index contributed by atoms with van der Waals surface area (Å²) in [6, 6.07) is -1.37. The van der Waals surface area contributed by atoms with E-state index in [1.165, 1.54) is 0 Å². The molecule has 3 N–H and O–H groups in total. The predicted molar refractivity (Wildman–Crippen MR) is 57.9 cm³/mol. The monoisotopic (exact) mass is 265 g/mol. The summed E-state index contributed by atoms with van der Waals surface area (Å²) in [7, 11) is -3.63. The van der Waals surface area contributed by atoms with Gasteiger partial charge in [-0.2, -0.15) is 0 Å². The van der Waals surface area contributed by atoms with Gasteiger partial charge in [-0.05, 0) is 25.2 Å². The molecule has 7 nitrogen and oxygen atoms in total. The Morgan fingerprint density at radius 2 is 1.88 bits per heavy atom. The molecule has 1 fully saturated rings. The highest BCUT2D eigenvalue weighted by atomic mass is 32.2. The number of carbonyl (C=O) groups is 2. The fourth-order valence-corrected chi connectivity index (χ4v) is 3.06. The second-order valence-corrected chi connectivity index (χ2v) is 5.96. The summed E-state index contributed by atoms with van der Waals surface area (Å²) in [5.41, 5.74) is 0. The molecular formula is C9H15NO6S. The lowest BCUT2D eigenvalue weighted by Gasteiger charge is -2.13. The highest BCUT2D eigenvalue weighted by Gasteiger charge is 2.31. The number of hydrogen-bond acceptors (Lipinski definition) is 4. The molecule has 8 heteroatoms. The summed E-state index contributed by atoms with van der Waals surface area (Å²) in [6.07, 6.45) is 1.04. The Balaban J connectivity index is 2.52. The summed E-state index contributed by atoms with van der Waals surface area (Å²) >= 11 is 0. The van der Waals surface area contributed by atoms with Crippen molar-refractivity contribution in [2.45, 2.75) is 31.7 Å². The van der Waals surface area contributed by atoms with Crippen LogP contribution in [0, 0.1) is 5.92 Å². The van der Waals surface area contributed by atoms with Crippen molar-refractivity contribution in [3.8, 4) is 0 Å². The van der Waals surface area contributed by atoms with Crippen LogP contribution in [0.1, 0.15) is 25.7 Å². The van der Waals surface area contributed by atoms with Crippen LogP contribution in [0.3, 0.4) is 0 Å². The normalized spacial score (nSPS) is 17.6. The van der Waals surface area contributed by atoms with E-state index in [0.29, 0.717) is 0 Å². The molecule has 1 aliphatic rings. The molecule has 0 saturated heterocycles. The quantitative estimate of drug-likeness (QED) is 0.550. The lowest BCUT2D eigenvalue weighted by molar-refractivity contribution is -0.140. The molecule has 0 spiro atoms. The lowest BCUT2D eigenvalue weighted by Crippen LogP contribution is -2.42. The van der Waals surface area contributed by atoms with E-state index >= 15 is 0 Å². The third-order valence-electron chi connectivity index (χ3n) is 2.42. The van der Waals surface area contributed by atoms with Gasteiger partial charge < -0.3 is 10.2 Å². The summed E-state index contributed by atoms with van der Waals surface area (Å²) in [5.74, 6) is -2.48. The van der Waals surface area contributed by atoms with E-state index in [-0.39, 0.29) is 24.5 Å². The van der Waals surface area contributed by atoms with Gasteiger partial charge in [-0.25, -0.2) is 13.1 Å². The van der Waals surface area contributed by atoms with E-state index in [0.717, 1.165) is 12.8 Å². The van der Waals surface area contributed by atoms with Crippen LogP contribution >= 0.6 is 0 Å². The minimum absolute atomic E-state index is 0.0795. The van der Waals surface area contributed by atoms with E-state index in [2.05, 4.69) is 0 Å². The van der Waals surface area contributed by atoms with Crippen LogP contribution in [0.25, 0.3) is 0 Å². The molecule has 1 aliphatic carbocycles. The molecule has 1 rings (SSSR count). The third kappa shape index (κ3) is 5.64. The first kappa shape index (κ1) is 13.9. The van der Waals surface area contributed by atoms with Crippen molar-refractivity contribution in [1.29, 1.82) is 0 Å². The van der Waals surface area contributed by atoms with Gasteiger partial charge in [0.05, 0.1) is 5.75 Å². The number of hydrogen-bond donors (Lipinski definition) is 3. The third-order valence-corrected chi connectivity index (χ3v) is 3.97. The number of nitrogens with one attached hydrogen (secondary N) is 1. The molecule has 0 aromatic carbocycles. The van der Waals surface area contributed by atoms with Gasteiger partial charge >= 0.3 is 11.9 Å². The molecule has 0 unspecified atom stereocenters. The van der Waals surface area contributed by atoms with Crippen molar-refractivity contribution in [3.05, 3.63) is 0 Å². The van der Waals surface area contributed by atoms with Crippen molar-refractivity contribution in [1.82, 2.24) is 4.72 Å². The standard InChI is InChI=1S/C9H15NO6S/c11-8(12)4-3-7(9(13)14)10-17(15,16)5-6-1-2-6/h6-7,10H,1-5H2,(H,11,12)(H,13,14)/t7-/m0/s1. The van der Waals surface area contributed by atoms with Crippen molar-refractivity contribution in [3.63, 3.8) is 0 Å². The topological polar surface area (TPSA) is 121 Å². The van der Waals surface area contributed by atoms with Gasteiger partial charge in [0.1, 0.15) is 6.04 Å². The predicted octanol–water partition coefficient (Wildman–Crippen LogP) is -0.366. The number of carboxylic acids is 2. The van der Waals surface area contributed by atoms with E-state index in [1.54, 1.807) is 0 Å². The molecule has 0 aromatic heterocycles. The molecule has 0 heterocycles. The molecule has 98 valence electrons. The van der Waals surface area contributed by atoms with Gasteiger partial charge in [0, 0.05) is 6.42 Å². The average Bonchev–Trinajstić information content (AvgIpc) is 2.94. The SMILES string of the molecule is O=C(O)CC[C@H](NS(=O)(=O)CC1CC1)C(=O)O. The molecule has 1 saturated carbocycles. The van der Waals surface area contributed by atoms with Gasteiger partial charge in [0.15, 0.2) is 0 Å². The summed E-state index contributed by atoms with van der Waals surface area (Å²) in [4.78, 5) is 21.1. The van der Waals surface area contributed by atoms with Crippen LogP contribution in [0.2, 0.25) is 0 Å². The Kier molecular flexibility index (Phi) is 4.47. The highest BCUT2D eigenvalue weighted by Crippen LogP contribution is 2.30. The Morgan fingerprint density at radius 3 is 2.29 bits per heavy atom. The van der Waals surface area contributed by atoms with E-state index < -0.39 is 28.0 Å². The maximum atomic E-state index is 11.5. The van der Waals surface area contributed by atoms with Crippen LogP contribution in [0.5, 0.6) is 0 Å². The van der Waals surface area contributed by atoms with Crippen molar-refractivity contribution >= 4 is 22.0 Å². The maximum absolute atomic E-state index is 11.5. The summed E-state index contributed by atoms with van der Waals surface area (Å²) in [6.45, 7) is 0. The van der Waals surface area contributed by atoms with Crippen molar-refractivity contribution in [2.75, 3.05) is 5.75 Å². The number of carboxylic acid groups (broad SMARTS) is 2. The Hall–Kier alpha value is -1.15. The Bertz CT molecular complexity index is 400. The van der Waals surface area contributed by atoms with Gasteiger partial charge in [0.2, 0.25) is 10.0 Å². The molecule has 1 atom stereocenters. The molecule has 0 radical (unpaired) electrons. The molecule has 0 aliphatic heterocycles. The summed E-state index contributed by atoms with van der Waals surface area (Å²) < 4.78 is 25.1.